The van der Waals surface area contributed by atoms with E-state index in [2.05, 4.69) is 0 Å². The number of rotatable bonds is 6. The normalized spacial score (nSPS) is 13.8. The third kappa shape index (κ3) is 4.68. The number of benzene rings is 2. The number of carbonyl (C=O) groups is 1. The summed E-state index contributed by atoms with van der Waals surface area (Å²) in [5, 5.41) is 20.0. The molecule has 0 saturated carbocycles. The molecule has 0 atom stereocenters. The van der Waals surface area contributed by atoms with Crippen molar-refractivity contribution in [3.63, 3.8) is 0 Å². The zero-order chi connectivity index (χ0) is 23.7. The Kier molecular flexibility index (Phi) is 6.33. The zero-order valence-corrected chi connectivity index (χ0v) is 20.0. The topological polar surface area (TPSA) is 86.5 Å². The van der Waals surface area contributed by atoms with E-state index in [-0.39, 0.29) is 30.0 Å². The van der Waals surface area contributed by atoms with Crippen LogP contribution in [0.2, 0.25) is 0 Å². The first kappa shape index (κ1) is 22.7. The monoisotopic (exact) mass is 461 g/mol. The quantitative estimate of drug-likeness (QED) is 0.439. The van der Waals surface area contributed by atoms with Gasteiger partial charge in [0.1, 0.15) is 16.6 Å². The smallest absolute Gasteiger partial charge is 0.338 e. The lowest BCUT2D eigenvalue weighted by atomic mass is 10.1. The Morgan fingerprint density at radius 3 is 2.45 bits per heavy atom. The fourth-order valence-corrected chi connectivity index (χ4v) is 4.61. The van der Waals surface area contributed by atoms with Crippen molar-refractivity contribution in [1.29, 1.82) is 5.41 Å². The number of aliphatic hydroxyl groups is 1. The molecule has 7 heteroatoms. The van der Waals surface area contributed by atoms with Crippen LogP contribution >= 0.6 is 11.3 Å². The third-order valence-electron chi connectivity index (χ3n) is 5.40. The summed E-state index contributed by atoms with van der Waals surface area (Å²) in [6.45, 7) is 8.57. The lowest BCUT2D eigenvalue weighted by molar-refractivity contribution is 0.0459. The standard InChI is InChI=1S/C26H27N3O3S/c1-15(2)14-32-26(31)19-9-11-20(12-10-19)29-13-21(30)22(24(29)27)25-28-23(17(4)33-25)18-7-5-16(3)6-8-18/h5-12,15,27,30H,13-14H2,1-4H3. The number of hydrogen-bond donors (Lipinski definition) is 2. The Hall–Kier alpha value is -3.45. The number of ether oxygens (including phenoxy) is 1. The Labute approximate surface area is 197 Å². The van der Waals surface area contributed by atoms with Gasteiger partial charge in [-0.25, -0.2) is 9.78 Å². The summed E-state index contributed by atoms with van der Waals surface area (Å²) in [4.78, 5) is 19.7. The first-order valence-electron chi connectivity index (χ1n) is 10.8. The van der Waals surface area contributed by atoms with Crippen LogP contribution in [-0.4, -0.2) is 35.0 Å². The number of aromatic nitrogens is 1. The maximum absolute atomic E-state index is 12.2. The van der Waals surface area contributed by atoms with Crippen LogP contribution in [0.1, 0.15) is 39.7 Å². The van der Waals surface area contributed by atoms with Crippen molar-refractivity contribution in [2.45, 2.75) is 27.7 Å². The molecule has 2 heterocycles. The molecule has 3 aromatic rings. The van der Waals surface area contributed by atoms with E-state index in [9.17, 15) is 9.90 Å². The van der Waals surface area contributed by atoms with Gasteiger partial charge in [0, 0.05) is 16.1 Å². The number of hydrogen-bond acceptors (Lipinski definition) is 6. The summed E-state index contributed by atoms with van der Waals surface area (Å²) < 4.78 is 5.27. The second-order valence-corrected chi connectivity index (χ2v) is 9.79. The summed E-state index contributed by atoms with van der Waals surface area (Å²) in [5.41, 5.74) is 4.68. The molecule has 0 radical (unpaired) electrons. The highest BCUT2D eigenvalue weighted by molar-refractivity contribution is 7.13. The minimum atomic E-state index is -0.365. The summed E-state index contributed by atoms with van der Waals surface area (Å²) in [6, 6.07) is 15.1. The van der Waals surface area contributed by atoms with Gasteiger partial charge in [0.15, 0.2) is 0 Å². The van der Waals surface area contributed by atoms with E-state index >= 15 is 0 Å². The molecule has 2 aromatic carbocycles. The number of amidine groups is 1. The van der Waals surface area contributed by atoms with Gasteiger partial charge in [0.05, 0.1) is 30.0 Å². The van der Waals surface area contributed by atoms with Gasteiger partial charge in [-0.3, -0.25) is 5.41 Å². The molecule has 6 nitrogen and oxygen atoms in total. The molecular formula is C26H27N3O3S. The van der Waals surface area contributed by atoms with E-state index in [1.807, 2.05) is 52.0 Å². The van der Waals surface area contributed by atoms with E-state index < -0.39 is 0 Å². The Balaban J connectivity index is 1.54. The van der Waals surface area contributed by atoms with Crippen molar-refractivity contribution in [3.8, 4) is 11.3 Å². The van der Waals surface area contributed by atoms with Gasteiger partial charge in [-0.15, -0.1) is 11.3 Å². The van der Waals surface area contributed by atoms with Gasteiger partial charge < -0.3 is 14.7 Å². The Morgan fingerprint density at radius 2 is 1.82 bits per heavy atom. The molecule has 33 heavy (non-hydrogen) atoms. The van der Waals surface area contributed by atoms with Gasteiger partial charge in [0.25, 0.3) is 0 Å². The molecule has 0 fully saturated rings. The average Bonchev–Trinajstić information content (AvgIpc) is 3.31. The van der Waals surface area contributed by atoms with Crippen LogP contribution in [0.25, 0.3) is 16.8 Å². The minimum Gasteiger partial charge on any atom is -0.510 e. The second-order valence-electron chi connectivity index (χ2n) is 8.59. The average molecular weight is 462 g/mol. The lowest BCUT2D eigenvalue weighted by Crippen LogP contribution is -2.26. The van der Waals surface area contributed by atoms with Gasteiger partial charge in [-0.2, -0.15) is 0 Å². The van der Waals surface area contributed by atoms with E-state index in [0.717, 1.165) is 16.1 Å². The molecule has 2 N–H and O–H groups in total. The number of anilines is 1. The molecule has 0 amide bonds. The molecular weight excluding hydrogens is 434 g/mol. The SMILES string of the molecule is Cc1ccc(-c2nc(C3=C(O)CN(c4ccc(C(=O)OCC(C)C)cc4)C3=N)sc2C)cc1. The number of aliphatic hydroxyl groups excluding tert-OH is 1. The first-order valence-corrected chi connectivity index (χ1v) is 11.7. The van der Waals surface area contributed by atoms with Crippen molar-refractivity contribution in [2.24, 2.45) is 5.92 Å². The van der Waals surface area contributed by atoms with E-state index in [4.69, 9.17) is 15.1 Å². The number of carbonyl (C=O) groups excluding carboxylic acids is 1. The largest absolute Gasteiger partial charge is 0.510 e. The van der Waals surface area contributed by atoms with Crippen LogP contribution in [0.15, 0.2) is 54.3 Å². The van der Waals surface area contributed by atoms with Gasteiger partial charge in [-0.05, 0) is 44.0 Å². The predicted octanol–water partition coefficient (Wildman–Crippen LogP) is 6.01. The highest BCUT2D eigenvalue weighted by Crippen LogP contribution is 2.36. The summed E-state index contributed by atoms with van der Waals surface area (Å²) in [7, 11) is 0. The number of thiazole rings is 1. The number of nitrogens with one attached hydrogen (secondary N) is 1. The molecule has 0 bridgehead atoms. The number of esters is 1. The molecule has 0 aliphatic carbocycles. The maximum atomic E-state index is 12.2. The molecule has 1 aliphatic rings. The molecule has 0 unspecified atom stereocenters. The van der Waals surface area contributed by atoms with Crippen molar-refractivity contribution >= 4 is 34.4 Å². The van der Waals surface area contributed by atoms with Gasteiger partial charge in [0.2, 0.25) is 0 Å². The summed E-state index contributed by atoms with van der Waals surface area (Å²) >= 11 is 1.47. The van der Waals surface area contributed by atoms with E-state index in [1.165, 1.54) is 16.9 Å². The first-order chi connectivity index (χ1) is 15.7. The van der Waals surface area contributed by atoms with Crippen LogP contribution in [-0.2, 0) is 4.74 Å². The summed E-state index contributed by atoms with van der Waals surface area (Å²) in [6.07, 6.45) is 0. The predicted molar refractivity (Wildman–Crippen MR) is 133 cm³/mol. The Bertz CT molecular complexity index is 1220. The van der Waals surface area contributed by atoms with Crippen molar-refractivity contribution < 1.29 is 14.6 Å². The van der Waals surface area contributed by atoms with Crippen LogP contribution in [0.5, 0.6) is 0 Å². The van der Waals surface area contributed by atoms with E-state index in [1.54, 1.807) is 29.2 Å². The van der Waals surface area contributed by atoms with Crippen molar-refractivity contribution in [1.82, 2.24) is 4.98 Å². The van der Waals surface area contributed by atoms with Crippen LogP contribution in [0, 0.1) is 25.2 Å². The maximum Gasteiger partial charge on any atom is 0.338 e. The second kappa shape index (κ2) is 9.19. The van der Waals surface area contributed by atoms with Gasteiger partial charge >= 0.3 is 5.97 Å². The molecule has 1 aliphatic heterocycles. The zero-order valence-electron chi connectivity index (χ0n) is 19.2. The van der Waals surface area contributed by atoms with Crippen molar-refractivity contribution in [2.75, 3.05) is 18.1 Å². The number of nitrogens with zero attached hydrogens (tertiary/aromatic N) is 2. The molecule has 170 valence electrons. The summed E-state index contributed by atoms with van der Waals surface area (Å²) in [5.74, 6) is 0.207. The van der Waals surface area contributed by atoms with Crippen LogP contribution in [0.4, 0.5) is 5.69 Å². The Morgan fingerprint density at radius 1 is 1.15 bits per heavy atom. The molecule has 0 spiro atoms. The minimum absolute atomic E-state index is 0.115. The van der Waals surface area contributed by atoms with Crippen LogP contribution < -0.4 is 4.90 Å². The van der Waals surface area contributed by atoms with Crippen LogP contribution in [0.3, 0.4) is 0 Å². The molecule has 0 saturated heterocycles. The molecule has 4 rings (SSSR count). The van der Waals surface area contributed by atoms with Crippen molar-refractivity contribution in [3.05, 3.63) is 75.3 Å². The highest BCUT2D eigenvalue weighted by atomic mass is 32.1. The van der Waals surface area contributed by atoms with Gasteiger partial charge in [-0.1, -0.05) is 43.7 Å². The highest BCUT2D eigenvalue weighted by Gasteiger charge is 2.32. The number of aryl methyl sites for hydroxylation is 2. The lowest BCUT2D eigenvalue weighted by Gasteiger charge is -2.19. The van der Waals surface area contributed by atoms with E-state index in [0.29, 0.717) is 28.4 Å². The fraction of sp³-hybridized carbons (Fsp3) is 0.269. The fourth-order valence-electron chi connectivity index (χ4n) is 3.61. The third-order valence-corrected chi connectivity index (χ3v) is 6.39. The molecule has 1 aromatic heterocycles.